The standard InChI is InChI=1S/C57H43N3.C51H39N3/c1-4-12-51-45(9-1)46-22-21-44(33-52(46)57(51)41-27-35-26-36(29-41)30-42(57)28-35)60-54-14-6-3-11-48(54)50-32-39(18-24-56(50)60)38-17-23-55-49(31-38)47-10-2-5-13-53(47)59(55)43-19-15-37(16-20-43)40-8-7-25-58-34-40;1-4-10-45-39(7-1)40-16-15-38(30-46(40)51(45)35-24-31-23-32(26-35)27-36(51)25-31)54-48-12-6-3-9-42(48)44-29-34(14-18-50(44)54)33-13-17-49-43(28-33)41-8-2-5-11-47(41)53(49)37-19-21-52-22-20-37/h1-25,31-36,41-42H,26-30H2;1-22,28-32,35-36H,23-27H2. The number of hydrogen-bond donors (Lipinski definition) is 0. The summed E-state index contributed by atoms with van der Waals surface area (Å²) < 4.78 is 9.86. The molecule has 0 amide bonds. The first kappa shape index (κ1) is 63.9. The summed E-state index contributed by atoms with van der Waals surface area (Å²) in [7, 11) is 0. The summed E-state index contributed by atoms with van der Waals surface area (Å²) in [5.74, 6) is 6.73. The van der Waals surface area contributed by atoms with Crippen molar-refractivity contribution in [2.75, 3.05) is 0 Å². The van der Waals surface area contributed by atoms with Crippen molar-refractivity contribution in [3.05, 3.63) is 350 Å². The highest BCUT2D eigenvalue weighted by atomic mass is 15.0. The van der Waals surface area contributed by atoms with Gasteiger partial charge in [-0.3, -0.25) is 9.97 Å². The number of pyridine rings is 2. The van der Waals surface area contributed by atoms with Gasteiger partial charge in [-0.2, -0.15) is 0 Å². The second-order valence-corrected chi connectivity index (χ2v) is 35.2. The van der Waals surface area contributed by atoms with Crippen molar-refractivity contribution in [1.29, 1.82) is 0 Å². The zero-order valence-electron chi connectivity index (χ0n) is 63.6. The molecule has 0 unspecified atom stereocenters. The molecule has 10 aliphatic carbocycles. The van der Waals surface area contributed by atoms with E-state index in [1.807, 2.05) is 30.9 Å². The average molecular weight is 1460 g/mol. The third kappa shape index (κ3) is 8.86. The fourth-order valence-corrected chi connectivity index (χ4v) is 26.1. The van der Waals surface area contributed by atoms with Crippen LogP contribution in [0.25, 0.3) is 166 Å². The Morgan fingerprint density at radius 3 is 0.904 bits per heavy atom. The van der Waals surface area contributed by atoms with Crippen LogP contribution in [0.15, 0.2) is 328 Å². The Balaban J connectivity index is 0.000000126. The Labute approximate surface area is 662 Å². The summed E-state index contributed by atoms with van der Waals surface area (Å²) >= 11 is 0. The van der Waals surface area contributed by atoms with Gasteiger partial charge in [0, 0.05) is 101 Å². The number of rotatable bonds is 7. The average Bonchev–Trinajstić information content (AvgIpc) is 1.49. The summed E-state index contributed by atoms with van der Waals surface area (Å²) in [6, 6.07) is 115. The Morgan fingerprint density at radius 1 is 0.211 bits per heavy atom. The van der Waals surface area contributed by atoms with Crippen molar-refractivity contribution in [1.82, 2.24) is 28.2 Å². The van der Waals surface area contributed by atoms with Crippen molar-refractivity contribution in [3.63, 3.8) is 0 Å². The van der Waals surface area contributed by atoms with Gasteiger partial charge in [-0.15, -0.1) is 0 Å². The molecule has 29 rings (SSSR count). The third-order valence-electron chi connectivity index (χ3n) is 30.0. The van der Waals surface area contributed by atoms with Gasteiger partial charge in [0.05, 0.1) is 44.1 Å². The van der Waals surface area contributed by atoms with Crippen LogP contribution < -0.4 is 0 Å². The van der Waals surface area contributed by atoms with E-state index in [-0.39, 0.29) is 10.8 Å². The molecule has 6 nitrogen and oxygen atoms in total. The van der Waals surface area contributed by atoms with Crippen LogP contribution in [0.4, 0.5) is 0 Å². The molecule has 6 heteroatoms. The summed E-state index contributed by atoms with van der Waals surface area (Å²) in [6.07, 6.45) is 21.6. The molecule has 544 valence electrons. The maximum absolute atomic E-state index is 4.33. The molecular weight excluding hydrogens is 1380 g/mol. The summed E-state index contributed by atoms with van der Waals surface area (Å²) in [5, 5.41) is 10.3. The summed E-state index contributed by atoms with van der Waals surface area (Å²) in [4.78, 5) is 8.61. The van der Waals surface area contributed by atoms with Gasteiger partial charge in [0.2, 0.25) is 0 Å². The molecule has 2 spiro atoms. The van der Waals surface area contributed by atoms with Gasteiger partial charge in [0.1, 0.15) is 0 Å². The van der Waals surface area contributed by atoms with Gasteiger partial charge in [-0.05, 0) is 317 Å². The van der Waals surface area contributed by atoms with Gasteiger partial charge in [-0.25, -0.2) is 0 Å². The normalized spacial score (nSPS) is 23.0. The number of hydrogen-bond acceptors (Lipinski definition) is 2. The molecule has 10 aliphatic rings. The van der Waals surface area contributed by atoms with E-state index in [0.29, 0.717) is 0 Å². The van der Waals surface area contributed by atoms with Crippen molar-refractivity contribution < 1.29 is 0 Å². The number of benzene rings is 13. The molecule has 0 saturated heterocycles. The molecule has 19 aromatic rings. The Morgan fingerprint density at radius 2 is 0.526 bits per heavy atom. The molecule has 6 heterocycles. The van der Waals surface area contributed by atoms with E-state index in [0.717, 1.165) is 64.3 Å². The van der Waals surface area contributed by atoms with Gasteiger partial charge in [0.15, 0.2) is 0 Å². The van der Waals surface area contributed by atoms with Crippen LogP contribution in [-0.4, -0.2) is 28.2 Å². The molecule has 0 N–H and O–H groups in total. The SMILES string of the molecule is c1ccc2c(c1)-c1ccc(-n3c4ccccc4c4cc(-c5ccc6c(c5)c5ccccc5n6-c5ccncc5)ccc43)cc1C21C2CC3CC(C2)CC1C3.c1cncc(-c2ccc(-n3c4ccccc4c4cc(-c5ccc6c(c5)c5ccccc5n6-c5ccc6c(c5)C5(c7ccccc7-6)C6CC7CC(C6)CC5C7)ccc43)cc2)c1. The first-order valence-electron chi connectivity index (χ1n) is 42.0. The Bertz CT molecular complexity index is 7210. The van der Waals surface area contributed by atoms with E-state index >= 15 is 0 Å². The van der Waals surface area contributed by atoms with Gasteiger partial charge in [-0.1, -0.05) is 176 Å². The molecule has 0 radical (unpaired) electrons. The molecule has 6 aromatic heterocycles. The minimum absolute atomic E-state index is 0.145. The predicted molar refractivity (Wildman–Crippen MR) is 469 cm³/mol. The number of nitrogens with zero attached hydrogens (tertiary/aromatic N) is 6. The molecule has 8 bridgehead atoms. The van der Waals surface area contributed by atoms with Crippen molar-refractivity contribution in [3.8, 4) is 78.4 Å². The first-order valence-corrected chi connectivity index (χ1v) is 42.0. The minimum Gasteiger partial charge on any atom is -0.309 e. The lowest BCUT2D eigenvalue weighted by Crippen LogP contribution is -2.55. The van der Waals surface area contributed by atoms with Crippen LogP contribution in [0.3, 0.4) is 0 Å². The van der Waals surface area contributed by atoms with Crippen LogP contribution in [0.5, 0.6) is 0 Å². The molecule has 8 fully saturated rings. The largest absolute Gasteiger partial charge is 0.309 e. The van der Waals surface area contributed by atoms with E-state index in [9.17, 15) is 0 Å². The van der Waals surface area contributed by atoms with Crippen molar-refractivity contribution >= 4 is 87.2 Å². The minimum atomic E-state index is 0.145. The quantitative estimate of drug-likeness (QED) is 0.160. The van der Waals surface area contributed by atoms with Gasteiger partial charge < -0.3 is 18.3 Å². The molecule has 13 aromatic carbocycles. The summed E-state index contributed by atoms with van der Waals surface area (Å²) in [5.41, 5.74) is 34.7. The first-order chi connectivity index (χ1) is 56.4. The lowest BCUT2D eigenvalue weighted by molar-refractivity contribution is -0.0399. The fourth-order valence-electron chi connectivity index (χ4n) is 26.1. The smallest absolute Gasteiger partial charge is 0.0541 e. The highest BCUT2D eigenvalue weighted by Gasteiger charge is 2.63. The van der Waals surface area contributed by atoms with Gasteiger partial charge in [0.25, 0.3) is 0 Å². The van der Waals surface area contributed by atoms with E-state index in [2.05, 4.69) is 325 Å². The topological polar surface area (TPSA) is 45.5 Å². The third-order valence-corrected chi connectivity index (χ3v) is 30.0. The molecule has 0 atom stereocenters. The van der Waals surface area contributed by atoms with E-state index in [1.165, 1.54) is 213 Å². The zero-order chi connectivity index (χ0) is 74.2. The van der Waals surface area contributed by atoms with Crippen LogP contribution in [0.2, 0.25) is 0 Å². The Kier molecular flexibility index (Phi) is 13.4. The highest BCUT2D eigenvalue weighted by molar-refractivity contribution is 6.15. The maximum atomic E-state index is 4.33. The van der Waals surface area contributed by atoms with Crippen LogP contribution in [-0.2, 0) is 10.8 Å². The maximum Gasteiger partial charge on any atom is 0.0541 e. The van der Waals surface area contributed by atoms with Crippen LogP contribution in [0, 0.1) is 47.3 Å². The predicted octanol–water partition coefficient (Wildman–Crippen LogP) is 27.0. The Hall–Kier alpha value is -12.6. The number of para-hydroxylation sites is 4. The molecule has 0 aliphatic heterocycles. The van der Waals surface area contributed by atoms with E-state index in [4.69, 9.17) is 0 Å². The lowest BCUT2D eigenvalue weighted by Gasteiger charge is -2.61. The van der Waals surface area contributed by atoms with Gasteiger partial charge >= 0.3 is 0 Å². The number of aromatic nitrogens is 6. The van der Waals surface area contributed by atoms with Crippen molar-refractivity contribution in [2.24, 2.45) is 47.3 Å². The number of fused-ring (bicyclic) bond motifs is 18. The molecule has 8 saturated carbocycles. The fraction of sp³-hybridized carbons (Fsp3) is 0.185. The second-order valence-electron chi connectivity index (χ2n) is 35.2. The van der Waals surface area contributed by atoms with E-state index in [1.54, 1.807) is 22.3 Å². The second kappa shape index (κ2) is 24.0. The highest BCUT2D eigenvalue weighted by Crippen LogP contribution is 2.71. The zero-order valence-corrected chi connectivity index (χ0v) is 63.6. The molecule has 114 heavy (non-hydrogen) atoms. The van der Waals surface area contributed by atoms with Crippen LogP contribution in [0.1, 0.15) is 86.5 Å². The van der Waals surface area contributed by atoms with Crippen LogP contribution >= 0.6 is 0 Å². The van der Waals surface area contributed by atoms with E-state index < -0.39 is 0 Å². The summed E-state index contributed by atoms with van der Waals surface area (Å²) in [6.45, 7) is 0. The van der Waals surface area contributed by atoms with Crippen molar-refractivity contribution in [2.45, 2.75) is 75.0 Å². The monoisotopic (exact) mass is 1460 g/mol. The molecular formula is C108H82N6. The lowest BCUT2D eigenvalue weighted by atomic mass is 9.43.